The van der Waals surface area contributed by atoms with Gasteiger partial charge in [-0.25, -0.2) is 0 Å². The van der Waals surface area contributed by atoms with E-state index in [-0.39, 0.29) is 0 Å². The Bertz CT molecular complexity index is 790. The van der Waals surface area contributed by atoms with Crippen LogP contribution in [0.25, 0.3) is 5.57 Å². The lowest BCUT2D eigenvalue weighted by molar-refractivity contribution is -0.608. The second-order valence-corrected chi connectivity index (χ2v) is 6.67. The largest absolute Gasteiger partial charge is 0.618 e. The highest BCUT2D eigenvalue weighted by atomic mass is 35.5. The van der Waals surface area contributed by atoms with Crippen molar-refractivity contribution >= 4 is 17.2 Å². The molecule has 0 amide bonds. The summed E-state index contributed by atoms with van der Waals surface area (Å²) in [5.41, 5.74) is 6.92. The number of benzene rings is 1. The normalized spacial score (nSPS) is 17.4. The van der Waals surface area contributed by atoms with E-state index in [0.717, 1.165) is 65.4 Å². The van der Waals surface area contributed by atoms with Crippen LogP contribution < -0.4 is 10.0 Å². The molecule has 1 saturated heterocycles. The van der Waals surface area contributed by atoms with E-state index in [0.29, 0.717) is 0 Å². The highest BCUT2D eigenvalue weighted by Gasteiger charge is 2.28. The van der Waals surface area contributed by atoms with Gasteiger partial charge >= 0.3 is 0 Å². The Morgan fingerprint density at radius 2 is 1.78 bits per heavy atom. The van der Waals surface area contributed by atoms with E-state index in [2.05, 4.69) is 23.5 Å². The van der Waals surface area contributed by atoms with Gasteiger partial charge in [-0.3, -0.25) is 0 Å². The number of hydrogen-bond acceptors (Lipinski definition) is 2. The van der Waals surface area contributed by atoms with Crippen LogP contribution in [-0.2, 0) is 12.8 Å². The third-order valence-electron chi connectivity index (χ3n) is 4.84. The van der Waals surface area contributed by atoms with Gasteiger partial charge < -0.3 is 10.5 Å². The maximum Gasteiger partial charge on any atom is 0.227 e. The summed E-state index contributed by atoms with van der Waals surface area (Å²) in [5, 5.41) is 16.8. The summed E-state index contributed by atoms with van der Waals surface area (Å²) in [5.74, 6) is 0. The minimum absolute atomic E-state index is 0.763. The molecule has 4 heteroatoms. The van der Waals surface area contributed by atoms with Gasteiger partial charge in [0.2, 0.25) is 5.69 Å². The summed E-state index contributed by atoms with van der Waals surface area (Å²) < 4.78 is 1.05. The van der Waals surface area contributed by atoms with Crippen LogP contribution in [0.2, 0.25) is 5.02 Å². The Kier molecular flexibility index (Phi) is 3.83. The first-order chi connectivity index (χ1) is 11.2. The summed E-state index contributed by atoms with van der Waals surface area (Å²) in [6, 6.07) is 10.0. The number of hydrogen-bond donors (Lipinski definition) is 1. The van der Waals surface area contributed by atoms with Crippen molar-refractivity contribution in [2.75, 3.05) is 13.1 Å². The number of halogens is 1. The van der Waals surface area contributed by atoms with Crippen molar-refractivity contribution in [2.24, 2.45) is 0 Å². The lowest BCUT2D eigenvalue weighted by Crippen LogP contribution is -2.33. The lowest BCUT2D eigenvalue weighted by atomic mass is 9.89. The van der Waals surface area contributed by atoms with Crippen LogP contribution in [0.5, 0.6) is 0 Å². The van der Waals surface area contributed by atoms with Crippen LogP contribution >= 0.6 is 11.6 Å². The molecule has 23 heavy (non-hydrogen) atoms. The van der Waals surface area contributed by atoms with E-state index in [1.54, 1.807) is 6.20 Å². The Hall–Kier alpha value is -1.84. The van der Waals surface area contributed by atoms with Crippen molar-refractivity contribution in [3.05, 3.63) is 74.7 Å². The Morgan fingerprint density at radius 3 is 2.61 bits per heavy atom. The molecule has 1 N–H and O–H groups in total. The number of rotatable bonds is 0. The molecule has 3 nitrogen and oxygen atoms in total. The molecule has 1 aromatic heterocycles. The molecular formula is C19H19ClN2O. The number of piperidine rings is 1. The molecule has 0 unspecified atom stereocenters. The number of aryl methyl sites for hydroxylation is 2. The summed E-state index contributed by atoms with van der Waals surface area (Å²) in [6.07, 6.45) is 5.39. The summed E-state index contributed by atoms with van der Waals surface area (Å²) in [7, 11) is 0. The van der Waals surface area contributed by atoms with E-state index in [4.69, 9.17) is 11.6 Å². The van der Waals surface area contributed by atoms with Crippen LogP contribution in [0.15, 0.2) is 42.1 Å². The lowest BCUT2D eigenvalue weighted by Gasteiger charge is -2.21. The van der Waals surface area contributed by atoms with Crippen LogP contribution in [0, 0.1) is 5.21 Å². The minimum Gasteiger partial charge on any atom is -0.618 e. The number of pyridine rings is 1. The summed E-state index contributed by atoms with van der Waals surface area (Å²) in [4.78, 5) is 0. The van der Waals surface area contributed by atoms with Gasteiger partial charge in [-0.15, -0.1) is 0 Å². The van der Waals surface area contributed by atoms with Gasteiger partial charge in [-0.1, -0.05) is 23.2 Å². The van der Waals surface area contributed by atoms with E-state index >= 15 is 0 Å². The summed E-state index contributed by atoms with van der Waals surface area (Å²) >= 11 is 6.21. The van der Waals surface area contributed by atoms with Gasteiger partial charge in [0, 0.05) is 16.7 Å². The highest BCUT2D eigenvalue weighted by Crippen LogP contribution is 2.37. The van der Waals surface area contributed by atoms with Crippen LogP contribution in [-0.4, -0.2) is 13.1 Å². The standard InChI is InChI=1S/C19H19ClN2O/c20-16-5-6-17-15(12-16)4-3-14-2-1-11-22(23)19(14)18(17)13-7-9-21-10-8-13/h1-2,5-6,11-12,21H,3-4,7-10H2. The van der Waals surface area contributed by atoms with Crippen molar-refractivity contribution in [2.45, 2.75) is 25.7 Å². The van der Waals surface area contributed by atoms with Crippen molar-refractivity contribution in [1.29, 1.82) is 0 Å². The maximum absolute atomic E-state index is 12.6. The smallest absolute Gasteiger partial charge is 0.227 e. The first-order valence-corrected chi connectivity index (χ1v) is 8.55. The van der Waals surface area contributed by atoms with Crippen molar-refractivity contribution < 1.29 is 4.73 Å². The SMILES string of the molecule is [O-][n+]1cccc2c1C(=C1CCNCC1)c1ccc(Cl)cc1CC2. The van der Waals surface area contributed by atoms with E-state index in [9.17, 15) is 5.21 Å². The number of nitrogens with one attached hydrogen (secondary N) is 1. The monoisotopic (exact) mass is 326 g/mol. The fraction of sp³-hybridized carbons (Fsp3) is 0.316. The van der Waals surface area contributed by atoms with Gasteiger partial charge in [0.25, 0.3) is 0 Å². The van der Waals surface area contributed by atoms with Gasteiger partial charge in [-0.05, 0) is 68.1 Å². The Morgan fingerprint density at radius 1 is 1.00 bits per heavy atom. The van der Waals surface area contributed by atoms with Crippen molar-refractivity contribution in [1.82, 2.24) is 5.32 Å². The maximum atomic E-state index is 12.6. The summed E-state index contributed by atoms with van der Waals surface area (Å²) in [6.45, 7) is 1.95. The third-order valence-corrected chi connectivity index (χ3v) is 5.08. The zero-order chi connectivity index (χ0) is 15.8. The number of nitrogens with zero attached hydrogens (tertiary/aromatic N) is 1. The molecule has 0 spiro atoms. The molecule has 0 radical (unpaired) electrons. The molecule has 2 heterocycles. The first kappa shape index (κ1) is 14.7. The molecule has 2 aromatic rings. The topological polar surface area (TPSA) is 39.0 Å². The van der Waals surface area contributed by atoms with Crippen LogP contribution in [0.3, 0.4) is 0 Å². The fourth-order valence-corrected chi connectivity index (χ4v) is 3.95. The zero-order valence-electron chi connectivity index (χ0n) is 12.9. The van der Waals surface area contributed by atoms with Gasteiger partial charge in [0.05, 0.1) is 5.57 Å². The molecule has 4 rings (SSSR count). The molecule has 118 valence electrons. The predicted molar refractivity (Wildman–Crippen MR) is 92.4 cm³/mol. The fourth-order valence-electron chi connectivity index (χ4n) is 3.75. The van der Waals surface area contributed by atoms with Crippen LogP contribution in [0.1, 0.15) is 35.2 Å². The quantitative estimate of drug-likeness (QED) is 0.596. The van der Waals surface area contributed by atoms with E-state index in [1.165, 1.54) is 16.7 Å². The molecule has 1 fully saturated rings. The molecule has 0 bridgehead atoms. The van der Waals surface area contributed by atoms with Gasteiger partial charge in [-0.2, -0.15) is 4.73 Å². The second-order valence-electron chi connectivity index (χ2n) is 6.24. The minimum atomic E-state index is 0.763. The molecular weight excluding hydrogens is 308 g/mol. The number of aromatic nitrogens is 1. The third kappa shape index (κ3) is 2.64. The number of fused-ring (bicyclic) bond motifs is 2. The van der Waals surface area contributed by atoms with Gasteiger partial charge in [0.1, 0.15) is 0 Å². The molecule has 1 aliphatic carbocycles. The van der Waals surface area contributed by atoms with Gasteiger partial charge in [0.15, 0.2) is 6.20 Å². The zero-order valence-corrected chi connectivity index (χ0v) is 13.7. The molecule has 1 aliphatic heterocycles. The van der Waals surface area contributed by atoms with Crippen molar-refractivity contribution in [3.63, 3.8) is 0 Å². The van der Waals surface area contributed by atoms with E-state index in [1.807, 2.05) is 12.1 Å². The molecule has 0 saturated carbocycles. The highest BCUT2D eigenvalue weighted by molar-refractivity contribution is 6.30. The van der Waals surface area contributed by atoms with E-state index < -0.39 is 0 Å². The average molecular weight is 327 g/mol. The second kappa shape index (κ2) is 5.99. The van der Waals surface area contributed by atoms with Crippen molar-refractivity contribution in [3.8, 4) is 0 Å². The molecule has 0 atom stereocenters. The first-order valence-electron chi connectivity index (χ1n) is 8.17. The Balaban J connectivity index is 2.02. The Labute approximate surface area is 141 Å². The predicted octanol–water partition coefficient (Wildman–Crippen LogP) is 3.26. The average Bonchev–Trinajstić information content (AvgIpc) is 2.73. The molecule has 2 aliphatic rings. The molecule has 1 aromatic carbocycles. The van der Waals surface area contributed by atoms with Crippen LogP contribution in [0.4, 0.5) is 0 Å².